The topological polar surface area (TPSA) is 0 Å². The molecule has 0 unspecified atom stereocenters. The van der Waals surface area contributed by atoms with E-state index in [1.165, 1.54) is 66.8 Å². The average Bonchev–Trinajstić information content (AvgIpc) is 2.87. The summed E-state index contributed by atoms with van der Waals surface area (Å²) in [5.74, 6) is 0. The maximum atomic E-state index is 2.36. The summed E-state index contributed by atoms with van der Waals surface area (Å²) in [5, 5.41) is 0. The standard InChI is InChI=1S/C33H42/c1-16-17(2)23(8)29-14-31-25(10)20(5)21(6)27(12)33(31)15-32-26(11)19(4)18(3)24(9)30(32)13-28(29)22(16)7/h13-15H2,1-12H3. The van der Waals surface area contributed by atoms with Gasteiger partial charge in [0.15, 0.2) is 0 Å². The monoisotopic (exact) mass is 438 g/mol. The molecular formula is C33H42. The van der Waals surface area contributed by atoms with Gasteiger partial charge in [-0.1, -0.05) is 0 Å². The molecule has 3 aromatic rings. The normalized spacial score (nSPS) is 13.1. The molecule has 0 nitrogen and oxygen atoms in total. The summed E-state index contributed by atoms with van der Waals surface area (Å²) in [6, 6.07) is 0. The van der Waals surface area contributed by atoms with Crippen LogP contribution in [-0.4, -0.2) is 0 Å². The van der Waals surface area contributed by atoms with Crippen molar-refractivity contribution in [1.29, 1.82) is 0 Å². The first kappa shape index (κ1) is 23.8. The van der Waals surface area contributed by atoms with Crippen molar-refractivity contribution in [2.45, 2.75) is 102 Å². The van der Waals surface area contributed by atoms with Crippen molar-refractivity contribution in [1.82, 2.24) is 0 Å². The molecule has 0 aromatic heterocycles. The highest BCUT2D eigenvalue weighted by molar-refractivity contribution is 5.62. The Bertz CT molecular complexity index is 1060. The van der Waals surface area contributed by atoms with Crippen LogP contribution in [0, 0.1) is 83.1 Å². The van der Waals surface area contributed by atoms with E-state index < -0.39 is 0 Å². The smallest absolute Gasteiger partial charge is 0.00144 e. The minimum absolute atomic E-state index is 1.05. The van der Waals surface area contributed by atoms with Crippen molar-refractivity contribution in [2.75, 3.05) is 0 Å². The molecule has 0 heterocycles. The van der Waals surface area contributed by atoms with E-state index in [9.17, 15) is 0 Å². The van der Waals surface area contributed by atoms with Crippen LogP contribution < -0.4 is 0 Å². The Balaban J connectivity index is 2.23. The minimum Gasteiger partial charge on any atom is -0.0447 e. The highest BCUT2D eigenvalue weighted by Crippen LogP contribution is 2.40. The van der Waals surface area contributed by atoms with Crippen molar-refractivity contribution < 1.29 is 0 Å². The molecule has 3 aromatic carbocycles. The summed E-state index contributed by atoms with van der Waals surface area (Å²) in [5.41, 5.74) is 27.3. The third-order valence-electron chi connectivity index (χ3n) is 9.93. The van der Waals surface area contributed by atoms with Gasteiger partial charge in [0.05, 0.1) is 0 Å². The fourth-order valence-electron chi connectivity index (χ4n) is 6.37. The second-order valence-corrected chi connectivity index (χ2v) is 10.9. The summed E-state index contributed by atoms with van der Waals surface area (Å²) in [6.45, 7) is 28.1. The van der Waals surface area contributed by atoms with E-state index in [-0.39, 0.29) is 0 Å². The molecule has 1 aliphatic carbocycles. The van der Waals surface area contributed by atoms with E-state index >= 15 is 0 Å². The summed E-state index contributed by atoms with van der Waals surface area (Å²) in [4.78, 5) is 0. The van der Waals surface area contributed by atoms with Gasteiger partial charge in [-0.15, -0.1) is 0 Å². The largest absolute Gasteiger partial charge is 0.0447 e. The molecular weight excluding hydrogens is 396 g/mol. The van der Waals surface area contributed by atoms with Gasteiger partial charge in [-0.2, -0.15) is 0 Å². The molecule has 0 bridgehead atoms. The first-order valence-corrected chi connectivity index (χ1v) is 12.6. The van der Waals surface area contributed by atoms with E-state index in [4.69, 9.17) is 0 Å². The predicted octanol–water partition coefficient (Wildman–Crippen LogP) is 8.47. The van der Waals surface area contributed by atoms with E-state index in [0.29, 0.717) is 0 Å². The lowest BCUT2D eigenvalue weighted by atomic mass is 9.81. The Morgan fingerprint density at radius 2 is 0.333 bits per heavy atom. The summed E-state index contributed by atoms with van der Waals surface area (Å²) >= 11 is 0. The highest BCUT2D eigenvalue weighted by Gasteiger charge is 2.26. The zero-order valence-corrected chi connectivity index (χ0v) is 23.1. The Morgan fingerprint density at radius 1 is 0.212 bits per heavy atom. The van der Waals surface area contributed by atoms with Crippen molar-refractivity contribution in [3.8, 4) is 0 Å². The fraction of sp³-hybridized carbons (Fsp3) is 0.455. The van der Waals surface area contributed by atoms with Gasteiger partial charge in [-0.3, -0.25) is 0 Å². The molecule has 0 saturated carbocycles. The first-order valence-electron chi connectivity index (χ1n) is 12.6. The number of benzene rings is 3. The number of hydrogen-bond acceptors (Lipinski definition) is 0. The molecule has 0 spiro atoms. The van der Waals surface area contributed by atoms with E-state index in [2.05, 4.69) is 83.1 Å². The molecule has 1 aliphatic rings. The summed E-state index contributed by atoms with van der Waals surface area (Å²) < 4.78 is 0. The van der Waals surface area contributed by atoms with Crippen LogP contribution in [0.4, 0.5) is 0 Å². The molecule has 33 heavy (non-hydrogen) atoms. The van der Waals surface area contributed by atoms with Crippen molar-refractivity contribution in [2.24, 2.45) is 0 Å². The van der Waals surface area contributed by atoms with Gasteiger partial charge < -0.3 is 0 Å². The van der Waals surface area contributed by atoms with E-state index in [1.807, 2.05) is 0 Å². The van der Waals surface area contributed by atoms with E-state index in [1.54, 1.807) is 33.4 Å². The molecule has 0 radical (unpaired) electrons. The van der Waals surface area contributed by atoms with Crippen LogP contribution in [0.1, 0.15) is 100 Å². The highest BCUT2D eigenvalue weighted by atomic mass is 14.3. The summed E-state index contributed by atoms with van der Waals surface area (Å²) in [7, 11) is 0. The Morgan fingerprint density at radius 3 is 0.455 bits per heavy atom. The van der Waals surface area contributed by atoms with Gasteiger partial charge >= 0.3 is 0 Å². The Hall–Kier alpha value is -2.34. The molecule has 0 heteroatoms. The first-order chi connectivity index (χ1) is 15.4. The number of rotatable bonds is 0. The number of hydrogen-bond donors (Lipinski definition) is 0. The van der Waals surface area contributed by atoms with Gasteiger partial charge in [0.2, 0.25) is 0 Å². The lowest BCUT2D eigenvalue weighted by molar-refractivity contribution is 0.995. The van der Waals surface area contributed by atoms with Gasteiger partial charge in [0.1, 0.15) is 0 Å². The predicted molar refractivity (Wildman–Crippen MR) is 145 cm³/mol. The maximum Gasteiger partial charge on any atom is -0.00144 e. The van der Waals surface area contributed by atoms with Crippen LogP contribution >= 0.6 is 0 Å². The molecule has 4 rings (SSSR count). The zero-order valence-electron chi connectivity index (χ0n) is 23.1. The molecule has 0 amide bonds. The third kappa shape index (κ3) is 3.40. The Kier molecular flexibility index (Phi) is 5.88. The van der Waals surface area contributed by atoms with Crippen molar-refractivity contribution in [3.63, 3.8) is 0 Å². The maximum absolute atomic E-state index is 2.36. The van der Waals surface area contributed by atoms with Gasteiger partial charge in [-0.05, 0) is 202 Å². The molecule has 0 N–H and O–H groups in total. The second-order valence-electron chi connectivity index (χ2n) is 10.9. The van der Waals surface area contributed by atoms with Crippen LogP contribution in [0.2, 0.25) is 0 Å². The quantitative estimate of drug-likeness (QED) is 0.258. The summed E-state index contributed by atoms with van der Waals surface area (Å²) in [6.07, 6.45) is 3.16. The molecule has 0 fully saturated rings. The number of fused-ring (bicyclic) bond motifs is 3. The minimum atomic E-state index is 1.05. The van der Waals surface area contributed by atoms with Crippen LogP contribution in [0.5, 0.6) is 0 Å². The zero-order chi connectivity index (χ0) is 24.5. The fourth-order valence-corrected chi connectivity index (χ4v) is 6.37. The van der Waals surface area contributed by atoms with E-state index in [0.717, 1.165) is 19.3 Å². The van der Waals surface area contributed by atoms with Crippen molar-refractivity contribution in [3.05, 3.63) is 100 Å². The third-order valence-corrected chi connectivity index (χ3v) is 9.93. The lowest BCUT2D eigenvalue weighted by Crippen LogP contribution is -2.10. The molecule has 0 atom stereocenters. The lowest BCUT2D eigenvalue weighted by Gasteiger charge is -2.24. The SMILES string of the molecule is Cc1c(C)c(C)c2c(c1C)Cc1c(C)c(C)c(C)c(C)c1Cc1c(C)c(C)c(C)c(C)c1C2. The molecule has 0 aliphatic heterocycles. The average molecular weight is 439 g/mol. The van der Waals surface area contributed by atoms with Crippen LogP contribution in [0.3, 0.4) is 0 Å². The van der Waals surface area contributed by atoms with Crippen LogP contribution in [0.15, 0.2) is 0 Å². The van der Waals surface area contributed by atoms with Gasteiger partial charge in [0.25, 0.3) is 0 Å². The van der Waals surface area contributed by atoms with Gasteiger partial charge in [0, 0.05) is 0 Å². The Labute approximate surface area is 202 Å². The van der Waals surface area contributed by atoms with Crippen LogP contribution in [-0.2, 0) is 19.3 Å². The molecule has 0 saturated heterocycles. The van der Waals surface area contributed by atoms with Crippen molar-refractivity contribution >= 4 is 0 Å². The van der Waals surface area contributed by atoms with Crippen LogP contribution in [0.25, 0.3) is 0 Å². The van der Waals surface area contributed by atoms with Gasteiger partial charge in [-0.25, -0.2) is 0 Å². The second kappa shape index (κ2) is 8.15. The molecule has 174 valence electrons.